The minimum atomic E-state index is -0.0479. The highest BCUT2D eigenvalue weighted by Crippen LogP contribution is 1.99. The number of amides is 1. The summed E-state index contributed by atoms with van der Waals surface area (Å²) >= 11 is 0. The molecule has 0 spiro atoms. The molecule has 0 aliphatic carbocycles. The van der Waals surface area contributed by atoms with E-state index in [0.717, 1.165) is 5.69 Å². The molecular weight excluding hydrogens is 170 g/mol. The third-order valence-corrected chi connectivity index (χ3v) is 1.82. The van der Waals surface area contributed by atoms with E-state index in [9.17, 15) is 4.79 Å². The van der Waals surface area contributed by atoms with Crippen LogP contribution in [-0.4, -0.2) is 27.6 Å². The molecule has 5 nitrogen and oxygen atoms in total. The molecule has 0 atom stereocenters. The fraction of sp³-hybridized carbons (Fsp3) is 0.500. The van der Waals surface area contributed by atoms with Gasteiger partial charge in [0.05, 0.1) is 24.8 Å². The number of aliphatic hydroxyl groups is 1. The minimum absolute atomic E-state index is 0.0161. The van der Waals surface area contributed by atoms with E-state index in [4.69, 9.17) is 5.11 Å². The van der Waals surface area contributed by atoms with Crippen molar-refractivity contribution in [3.05, 3.63) is 18.2 Å². The van der Waals surface area contributed by atoms with Gasteiger partial charge >= 0.3 is 0 Å². The Labute approximate surface area is 76.4 Å². The molecule has 72 valence electrons. The highest BCUT2D eigenvalue weighted by atomic mass is 16.3. The van der Waals surface area contributed by atoms with Crippen LogP contribution in [0.3, 0.4) is 0 Å². The van der Waals surface area contributed by atoms with Gasteiger partial charge in [0.15, 0.2) is 0 Å². The molecule has 1 aromatic heterocycles. The van der Waals surface area contributed by atoms with E-state index in [1.165, 1.54) is 0 Å². The molecule has 0 saturated heterocycles. The maximum atomic E-state index is 10.9. The molecule has 0 fully saturated rings. The Morgan fingerprint density at radius 3 is 3.15 bits per heavy atom. The predicted molar refractivity (Wildman–Crippen MR) is 46.8 cm³/mol. The Morgan fingerprint density at radius 1 is 1.77 bits per heavy atom. The van der Waals surface area contributed by atoms with Crippen molar-refractivity contribution in [1.82, 2.24) is 14.9 Å². The van der Waals surface area contributed by atoms with Crippen molar-refractivity contribution in [1.29, 1.82) is 0 Å². The van der Waals surface area contributed by atoms with E-state index in [2.05, 4.69) is 10.3 Å². The van der Waals surface area contributed by atoms with Gasteiger partial charge < -0.3 is 15.0 Å². The van der Waals surface area contributed by atoms with Gasteiger partial charge in [-0.2, -0.15) is 0 Å². The van der Waals surface area contributed by atoms with Gasteiger partial charge in [0.25, 0.3) is 0 Å². The highest BCUT2D eigenvalue weighted by Gasteiger charge is 2.02. The zero-order valence-electron chi connectivity index (χ0n) is 7.53. The zero-order valence-corrected chi connectivity index (χ0v) is 7.53. The van der Waals surface area contributed by atoms with Crippen molar-refractivity contribution in [2.75, 3.05) is 7.05 Å². The lowest BCUT2D eigenvalue weighted by Crippen LogP contribution is -2.19. The van der Waals surface area contributed by atoms with E-state index in [0.29, 0.717) is 13.0 Å². The Bertz CT molecular complexity index is 283. The Balaban J connectivity index is 2.49. The van der Waals surface area contributed by atoms with Gasteiger partial charge in [0, 0.05) is 20.0 Å². The van der Waals surface area contributed by atoms with E-state index < -0.39 is 0 Å². The standard InChI is InChI=1S/C8H13N3O2/c1-9-8(13)2-3-11-6-10-4-7(11)5-12/h4,6,12H,2-3,5H2,1H3,(H,9,13). The molecular formula is C8H13N3O2. The number of hydrogen-bond donors (Lipinski definition) is 2. The second-order valence-electron chi connectivity index (χ2n) is 2.66. The number of hydrogen-bond acceptors (Lipinski definition) is 3. The molecule has 0 saturated carbocycles. The summed E-state index contributed by atoms with van der Waals surface area (Å²) < 4.78 is 1.76. The number of imidazole rings is 1. The van der Waals surface area contributed by atoms with Crippen LogP contribution in [0.4, 0.5) is 0 Å². The normalized spacial score (nSPS) is 10.0. The monoisotopic (exact) mass is 183 g/mol. The summed E-state index contributed by atoms with van der Waals surface area (Å²) in [5.41, 5.74) is 0.726. The molecule has 0 aliphatic heterocycles. The van der Waals surface area contributed by atoms with E-state index in [1.54, 1.807) is 24.1 Å². The SMILES string of the molecule is CNC(=O)CCn1cncc1CO. The molecule has 13 heavy (non-hydrogen) atoms. The van der Waals surface area contributed by atoms with Crippen LogP contribution in [-0.2, 0) is 17.9 Å². The summed E-state index contributed by atoms with van der Waals surface area (Å²) in [4.78, 5) is 14.8. The lowest BCUT2D eigenvalue weighted by atomic mass is 10.4. The third-order valence-electron chi connectivity index (χ3n) is 1.82. The van der Waals surface area contributed by atoms with Crippen LogP contribution in [0.15, 0.2) is 12.5 Å². The van der Waals surface area contributed by atoms with E-state index in [-0.39, 0.29) is 12.5 Å². The second-order valence-corrected chi connectivity index (χ2v) is 2.66. The maximum Gasteiger partial charge on any atom is 0.221 e. The van der Waals surface area contributed by atoms with Crippen LogP contribution in [0.5, 0.6) is 0 Å². The van der Waals surface area contributed by atoms with Gasteiger partial charge in [-0.25, -0.2) is 4.98 Å². The number of nitrogens with one attached hydrogen (secondary N) is 1. The van der Waals surface area contributed by atoms with Gasteiger partial charge in [-0.1, -0.05) is 0 Å². The number of carbonyl (C=O) groups is 1. The summed E-state index contributed by atoms with van der Waals surface area (Å²) in [5, 5.41) is 11.4. The molecule has 0 radical (unpaired) electrons. The average Bonchev–Trinajstić information content (AvgIpc) is 2.61. The van der Waals surface area contributed by atoms with Crippen molar-refractivity contribution in [3.63, 3.8) is 0 Å². The molecule has 0 aromatic carbocycles. The van der Waals surface area contributed by atoms with E-state index in [1.807, 2.05) is 0 Å². The Kier molecular flexibility index (Phi) is 3.45. The molecule has 1 heterocycles. The van der Waals surface area contributed by atoms with Crippen LogP contribution in [0.25, 0.3) is 0 Å². The first kappa shape index (κ1) is 9.73. The largest absolute Gasteiger partial charge is 0.390 e. The van der Waals surface area contributed by atoms with Gasteiger partial charge in [-0.15, -0.1) is 0 Å². The topological polar surface area (TPSA) is 67.2 Å². The minimum Gasteiger partial charge on any atom is -0.390 e. The highest BCUT2D eigenvalue weighted by molar-refractivity contribution is 5.75. The first-order valence-corrected chi connectivity index (χ1v) is 4.08. The summed E-state index contributed by atoms with van der Waals surface area (Å²) in [7, 11) is 1.60. The number of aryl methyl sites for hydroxylation is 1. The van der Waals surface area contributed by atoms with Crippen molar-refractivity contribution in [2.45, 2.75) is 19.6 Å². The van der Waals surface area contributed by atoms with E-state index >= 15 is 0 Å². The lowest BCUT2D eigenvalue weighted by molar-refractivity contribution is -0.120. The number of carbonyl (C=O) groups excluding carboxylic acids is 1. The molecule has 1 aromatic rings. The first-order valence-electron chi connectivity index (χ1n) is 4.08. The van der Waals surface area contributed by atoms with Crippen LogP contribution in [0.2, 0.25) is 0 Å². The fourth-order valence-corrected chi connectivity index (χ4v) is 1.03. The van der Waals surface area contributed by atoms with Gasteiger partial charge in [-0.3, -0.25) is 4.79 Å². The molecule has 0 aliphatic rings. The Hall–Kier alpha value is -1.36. The van der Waals surface area contributed by atoms with Crippen LogP contribution in [0, 0.1) is 0 Å². The fourth-order valence-electron chi connectivity index (χ4n) is 1.03. The summed E-state index contributed by atoms with van der Waals surface area (Å²) in [6.45, 7) is 0.503. The van der Waals surface area contributed by atoms with Crippen LogP contribution < -0.4 is 5.32 Å². The number of aromatic nitrogens is 2. The quantitative estimate of drug-likeness (QED) is 0.662. The van der Waals surface area contributed by atoms with Gasteiger partial charge in [0.1, 0.15) is 0 Å². The number of nitrogens with zero attached hydrogens (tertiary/aromatic N) is 2. The maximum absolute atomic E-state index is 10.9. The summed E-state index contributed by atoms with van der Waals surface area (Å²) in [5.74, 6) is -0.0161. The predicted octanol–water partition coefficient (Wildman–Crippen LogP) is -0.489. The number of aliphatic hydroxyl groups excluding tert-OH is 1. The first-order chi connectivity index (χ1) is 6.27. The third kappa shape index (κ3) is 2.55. The molecule has 1 rings (SSSR count). The molecule has 0 bridgehead atoms. The molecule has 5 heteroatoms. The van der Waals surface area contributed by atoms with Crippen molar-refractivity contribution < 1.29 is 9.90 Å². The average molecular weight is 183 g/mol. The molecule has 2 N–H and O–H groups in total. The van der Waals surface area contributed by atoms with Crippen molar-refractivity contribution in [2.24, 2.45) is 0 Å². The summed E-state index contributed by atoms with van der Waals surface area (Å²) in [6, 6.07) is 0. The Morgan fingerprint density at radius 2 is 2.54 bits per heavy atom. The van der Waals surface area contributed by atoms with Crippen molar-refractivity contribution >= 4 is 5.91 Å². The van der Waals surface area contributed by atoms with Crippen molar-refractivity contribution in [3.8, 4) is 0 Å². The molecule has 1 amide bonds. The number of rotatable bonds is 4. The second kappa shape index (κ2) is 4.61. The van der Waals surface area contributed by atoms with Crippen LogP contribution >= 0.6 is 0 Å². The zero-order chi connectivity index (χ0) is 9.68. The summed E-state index contributed by atoms with van der Waals surface area (Å²) in [6.07, 6.45) is 3.60. The van der Waals surface area contributed by atoms with Gasteiger partial charge in [0.2, 0.25) is 5.91 Å². The lowest BCUT2D eigenvalue weighted by Gasteiger charge is -2.04. The van der Waals surface area contributed by atoms with Gasteiger partial charge in [-0.05, 0) is 0 Å². The smallest absolute Gasteiger partial charge is 0.221 e. The molecule has 0 unspecified atom stereocenters. The van der Waals surface area contributed by atoms with Crippen LogP contribution in [0.1, 0.15) is 12.1 Å².